The molecule has 0 unspecified atom stereocenters. The van der Waals surface area contributed by atoms with Gasteiger partial charge in [0.1, 0.15) is 5.82 Å². The largest absolute Gasteiger partial charge is 0.342 e. The standard InChI is InChI=1S/C18H20N4O2/c23-16-11-15(14-3-1-2-8-19-14)20-17(21-16)12-6-9-22(10-7-12)18(24)13-4-5-13/h1-3,8,11-13H,4-7,9-10H2,(H,20,21,23). The van der Waals surface area contributed by atoms with Gasteiger partial charge in [-0.25, -0.2) is 4.98 Å². The number of rotatable bonds is 3. The van der Waals surface area contributed by atoms with Gasteiger partial charge in [0, 0.05) is 37.2 Å². The molecule has 1 amide bonds. The van der Waals surface area contributed by atoms with Crippen molar-refractivity contribution in [2.75, 3.05) is 13.1 Å². The van der Waals surface area contributed by atoms with Crippen molar-refractivity contribution in [1.82, 2.24) is 19.9 Å². The number of carbonyl (C=O) groups excluding carboxylic acids is 1. The van der Waals surface area contributed by atoms with Crippen LogP contribution in [0, 0.1) is 5.92 Å². The van der Waals surface area contributed by atoms with E-state index in [1.54, 1.807) is 6.20 Å². The third-order valence-electron chi connectivity index (χ3n) is 4.81. The van der Waals surface area contributed by atoms with Crippen LogP contribution in [0.5, 0.6) is 0 Å². The Kier molecular flexibility index (Phi) is 3.88. The van der Waals surface area contributed by atoms with Crippen LogP contribution in [0.2, 0.25) is 0 Å². The first-order chi connectivity index (χ1) is 11.7. The molecule has 0 spiro atoms. The van der Waals surface area contributed by atoms with E-state index >= 15 is 0 Å². The number of pyridine rings is 1. The highest BCUT2D eigenvalue weighted by molar-refractivity contribution is 5.81. The normalized spacial score (nSPS) is 18.6. The topological polar surface area (TPSA) is 79.0 Å². The monoisotopic (exact) mass is 324 g/mol. The number of aromatic amines is 1. The Morgan fingerprint density at radius 2 is 1.92 bits per heavy atom. The zero-order valence-corrected chi connectivity index (χ0v) is 13.4. The lowest BCUT2D eigenvalue weighted by atomic mass is 9.95. The van der Waals surface area contributed by atoms with Crippen molar-refractivity contribution in [1.29, 1.82) is 0 Å². The molecule has 1 saturated heterocycles. The second-order valence-corrected chi connectivity index (χ2v) is 6.60. The first-order valence-electron chi connectivity index (χ1n) is 8.52. The molecule has 3 heterocycles. The summed E-state index contributed by atoms with van der Waals surface area (Å²) in [6.07, 6.45) is 5.46. The fraction of sp³-hybridized carbons (Fsp3) is 0.444. The maximum Gasteiger partial charge on any atom is 0.251 e. The number of nitrogens with zero attached hydrogens (tertiary/aromatic N) is 3. The molecule has 2 aromatic heterocycles. The molecule has 2 aliphatic rings. The zero-order valence-electron chi connectivity index (χ0n) is 13.4. The van der Waals surface area contributed by atoms with Crippen molar-refractivity contribution in [2.24, 2.45) is 5.92 Å². The summed E-state index contributed by atoms with van der Waals surface area (Å²) >= 11 is 0. The van der Waals surface area contributed by atoms with Crippen LogP contribution in [0.15, 0.2) is 35.3 Å². The molecule has 1 aliphatic heterocycles. The number of carbonyl (C=O) groups is 1. The summed E-state index contributed by atoms with van der Waals surface area (Å²) in [6.45, 7) is 1.50. The highest BCUT2D eigenvalue weighted by Gasteiger charge is 2.35. The van der Waals surface area contributed by atoms with E-state index in [0.717, 1.165) is 38.8 Å². The first kappa shape index (κ1) is 15.1. The molecule has 2 fully saturated rings. The summed E-state index contributed by atoms with van der Waals surface area (Å²) in [6, 6.07) is 7.05. The van der Waals surface area contributed by atoms with E-state index in [-0.39, 0.29) is 17.4 Å². The lowest BCUT2D eigenvalue weighted by Crippen LogP contribution is -2.39. The molecule has 124 valence electrons. The molecule has 0 bridgehead atoms. The highest BCUT2D eigenvalue weighted by Crippen LogP contribution is 2.33. The molecule has 24 heavy (non-hydrogen) atoms. The third-order valence-corrected chi connectivity index (χ3v) is 4.81. The lowest BCUT2D eigenvalue weighted by Gasteiger charge is -2.31. The summed E-state index contributed by atoms with van der Waals surface area (Å²) in [7, 11) is 0. The minimum absolute atomic E-state index is 0.155. The Morgan fingerprint density at radius 3 is 2.58 bits per heavy atom. The Morgan fingerprint density at radius 1 is 1.12 bits per heavy atom. The highest BCUT2D eigenvalue weighted by atomic mass is 16.2. The molecule has 0 atom stereocenters. The van der Waals surface area contributed by atoms with Gasteiger partial charge >= 0.3 is 0 Å². The summed E-state index contributed by atoms with van der Waals surface area (Å²) in [5, 5.41) is 0. The molecule has 0 radical (unpaired) electrons. The van der Waals surface area contributed by atoms with Crippen molar-refractivity contribution in [3.63, 3.8) is 0 Å². The van der Waals surface area contributed by atoms with Crippen molar-refractivity contribution >= 4 is 5.91 Å². The van der Waals surface area contributed by atoms with Crippen LogP contribution < -0.4 is 5.56 Å². The fourth-order valence-electron chi connectivity index (χ4n) is 3.28. The Bertz CT molecular complexity index is 790. The van der Waals surface area contributed by atoms with E-state index in [1.165, 1.54) is 6.07 Å². The Balaban J connectivity index is 1.51. The molecule has 1 aliphatic carbocycles. The maximum absolute atomic E-state index is 12.1. The van der Waals surface area contributed by atoms with Gasteiger partial charge in [0.2, 0.25) is 5.91 Å². The fourth-order valence-corrected chi connectivity index (χ4v) is 3.28. The van der Waals surface area contributed by atoms with E-state index in [2.05, 4.69) is 15.0 Å². The average molecular weight is 324 g/mol. The van der Waals surface area contributed by atoms with Crippen molar-refractivity contribution in [3.8, 4) is 11.4 Å². The average Bonchev–Trinajstić information content (AvgIpc) is 3.47. The number of hydrogen-bond acceptors (Lipinski definition) is 4. The van der Waals surface area contributed by atoms with Gasteiger partial charge in [0.05, 0.1) is 11.4 Å². The molecular formula is C18H20N4O2. The quantitative estimate of drug-likeness (QED) is 0.936. The van der Waals surface area contributed by atoms with Gasteiger partial charge in [0.15, 0.2) is 0 Å². The molecule has 0 aromatic carbocycles. The number of amides is 1. The SMILES string of the molecule is O=C(C1CC1)N1CCC(c2nc(-c3ccccn3)cc(=O)[nH]2)CC1. The van der Waals surface area contributed by atoms with Crippen LogP contribution >= 0.6 is 0 Å². The van der Waals surface area contributed by atoms with Crippen molar-refractivity contribution in [3.05, 3.63) is 46.6 Å². The van der Waals surface area contributed by atoms with Crippen LogP contribution in [0.25, 0.3) is 11.4 Å². The van der Waals surface area contributed by atoms with Gasteiger partial charge in [-0.1, -0.05) is 6.07 Å². The summed E-state index contributed by atoms with van der Waals surface area (Å²) in [4.78, 5) is 37.9. The molecule has 2 aromatic rings. The van der Waals surface area contributed by atoms with Gasteiger partial charge in [-0.05, 0) is 37.8 Å². The lowest BCUT2D eigenvalue weighted by molar-refractivity contribution is -0.133. The summed E-state index contributed by atoms with van der Waals surface area (Å²) in [5.74, 6) is 1.47. The van der Waals surface area contributed by atoms with Crippen LogP contribution in [0.4, 0.5) is 0 Å². The van der Waals surface area contributed by atoms with Crippen LogP contribution in [-0.2, 0) is 4.79 Å². The first-order valence-corrected chi connectivity index (χ1v) is 8.52. The van der Waals surface area contributed by atoms with Gasteiger partial charge in [-0.15, -0.1) is 0 Å². The second-order valence-electron chi connectivity index (χ2n) is 6.60. The van der Waals surface area contributed by atoms with E-state index < -0.39 is 0 Å². The zero-order chi connectivity index (χ0) is 16.5. The summed E-state index contributed by atoms with van der Waals surface area (Å²) < 4.78 is 0. The predicted molar refractivity (Wildman–Crippen MR) is 89.4 cm³/mol. The van der Waals surface area contributed by atoms with Crippen LogP contribution in [0.1, 0.15) is 37.4 Å². The number of hydrogen-bond donors (Lipinski definition) is 1. The predicted octanol–water partition coefficient (Wildman–Crippen LogP) is 1.95. The molecular weight excluding hydrogens is 304 g/mol. The van der Waals surface area contributed by atoms with E-state index in [9.17, 15) is 9.59 Å². The van der Waals surface area contributed by atoms with E-state index in [1.807, 2.05) is 23.1 Å². The van der Waals surface area contributed by atoms with Crippen LogP contribution in [0.3, 0.4) is 0 Å². The number of nitrogens with one attached hydrogen (secondary N) is 1. The van der Waals surface area contributed by atoms with E-state index in [0.29, 0.717) is 23.1 Å². The van der Waals surface area contributed by atoms with Gasteiger partial charge in [-0.3, -0.25) is 14.6 Å². The second kappa shape index (κ2) is 6.19. The number of likely N-dealkylation sites (tertiary alicyclic amines) is 1. The molecule has 1 saturated carbocycles. The number of aromatic nitrogens is 3. The minimum atomic E-state index is -0.155. The van der Waals surface area contributed by atoms with Crippen molar-refractivity contribution < 1.29 is 4.79 Å². The molecule has 6 nitrogen and oxygen atoms in total. The molecule has 6 heteroatoms. The summed E-state index contributed by atoms with van der Waals surface area (Å²) in [5.41, 5.74) is 1.15. The molecule has 4 rings (SSSR count). The minimum Gasteiger partial charge on any atom is -0.342 e. The third kappa shape index (κ3) is 3.09. The maximum atomic E-state index is 12.1. The van der Waals surface area contributed by atoms with Crippen LogP contribution in [-0.4, -0.2) is 38.8 Å². The Hall–Kier alpha value is -2.50. The molecule has 1 N–H and O–H groups in total. The number of piperidine rings is 1. The van der Waals surface area contributed by atoms with Crippen molar-refractivity contribution in [2.45, 2.75) is 31.6 Å². The smallest absolute Gasteiger partial charge is 0.251 e. The van der Waals surface area contributed by atoms with Gasteiger partial charge in [-0.2, -0.15) is 0 Å². The Labute approximate surface area is 140 Å². The van der Waals surface area contributed by atoms with Gasteiger partial charge in [0.25, 0.3) is 5.56 Å². The number of H-pyrrole nitrogens is 1. The van der Waals surface area contributed by atoms with E-state index in [4.69, 9.17) is 0 Å². The van der Waals surface area contributed by atoms with Gasteiger partial charge < -0.3 is 9.88 Å².